The predicted molar refractivity (Wildman–Crippen MR) is 77.8 cm³/mol. The number of aliphatic carboxylic acids is 1. The van der Waals surface area contributed by atoms with Crippen molar-refractivity contribution in [3.8, 4) is 5.75 Å². The zero-order valence-electron chi connectivity index (χ0n) is 11.3. The van der Waals surface area contributed by atoms with Crippen molar-refractivity contribution in [2.45, 2.75) is 25.9 Å². The standard InChI is InChI=1S/C17H18O3/c18-17(19)8-4-7-14-9-11-16(12-10-14)20-13-15-5-2-1-3-6-15/h1-3,5-6,9-12H,4,7-8,13H2,(H,18,19). The van der Waals surface area contributed by atoms with Crippen LogP contribution in [0.4, 0.5) is 0 Å². The first-order valence-corrected chi connectivity index (χ1v) is 6.71. The second kappa shape index (κ2) is 7.34. The Morgan fingerprint density at radius 2 is 1.65 bits per heavy atom. The number of hydrogen-bond donors (Lipinski definition) is 1. The first-order chi connectivity index (χ1) is 9.74. The van der Waals surface area contributed by atoms with Crippen molar-refractivity contribution >= 4 is 5.97 Å². The Hall–Kier alpha value is -2.29. The maximum Gasteiger partial charge on any atom is 0.303 e. The second-order valence-corrected chi connectivity index (χ2v) is 4.67. The topological polar surface area (TPSA) is 46.5 Å². The summed E-state index contributed by atoms with van der Waals surface area (Å²) < 4.78 is 5.70. The molecule has 0 radical (unpaired) electrons. The molecule has 0 atom stereocenters. The summed E-state index contributed by atoms with van der Waals surface area (Å²) >= 11 is 0. The summed E-state index contributed by atoms with van der Waals surface area (Å²) in [5.74, 6) is 0.0867. The van der Waals surface area contributed by atoms with Crippen LogP contribution < -0.4 is 4.74 Å². The number of aryl methyl sites for hydroxylation is 1. The summed E-state index contributed by atoms with van der Waals surface area (Å²) in [5, 5.41) is 8.59. The second-order valence-electron chi connectivity index (χ2n) is 4.67. The Morgan fingerprint density at radius 1 is 0.950 bits per heavy atom. The van der Waals surface area contributed by atoms with E-state index in [1.165, 1.54) is 0 Å². The molecule has 0 aromatic heterocycles. The van der Waals surface area contributed by atoms with E-state index in [0.29, 0.717) is 13.0 Å². The number of carboxylic acids is 1. The van der Waals surface area contributed by atoms with Gasteiger partial charge in [0.1, 0.15) is 12.4 Å². The van der Waals surface area contributed by atoms with Gasteiger partial charge in [-0.2, -0.15) is 0 Å². The molecule has 2 rings (SSSR count). The molecular weight excluding hydrogens is 252 g/mol. The van der Waals surface area contributed by atoms with Crippen molar-refractivity contribution in [1.82, 2.24) is 0 Å². The van der Waals surface area contributed by atoms with Crippen LogP contribution in [0, 0.1) is 0 Å². The quantitative estimate of drug-likeness (QED) is 0.835. The van der Waals surface area contributed by atoms with Crippen molar-refractivity contribution < 1.29 is 14.6 Å². The first kappa shape index (κ1) is 14.1. The van der Waals surface area contributed by atoms with Crippen molar-refractivity contribution in [3.63, 3.8) is 0 Å². The van der Waals surface area contributed by atoms with E-state index >= 15 is 0 Å². The van der Waals surface area contributed by atoms with E-state index < -0.39 is 5.97 Å². The van der Waals surface area contributed by atoms with Crippen LogP contribution in [0.1, 0.15) is 24.0 Å². The number of hydrogen-bond acceptors (Lipinski definition) is 2. The summed E-state index contributed by atoms with van der Waals surface area (Å²) in [6, 6.07) is 17.9. The summed E-state index contributed by atoms with van der Waals surface area (Å²) in [4.78, 5) is 10.4. The predicted octanol–water partition coefficient (Wildman–Crippen LogP) is 3.67. The third kappa shape index (κ3) is 4.76. The lowest BCUT2D eigenvalue weighted by Gasteiger charge is -2.07. The lowest BCUT2D eigenvalue weighted by molar-refractivity contribution is -0.137. The molecule has 0 heterocycles. The van der Waals surface area contributed by atoms with Gasteiger partial charge < -0.3 is 9.84 Å². The van der Waals surface area contributed by atoms with E-state index in [4.69, 9.17) is 9.84 Å². The fourth-order valence-electron chi connectivity index (χ4n) is 1.94. The minimum absolute atomic E-state index is 0.215. The van der Waals surface area contributed by atoms with Crippen LogP contribution in [0.5, 0.6) is 5.75 Å². The third-order valence-electron chi connectivity index (χ3n) is 3.03. The molecular formula is C17H18O3. The fraction of sp³-hybridized carbons (Fsp3) is 0.235. The lowest BCUT2D eigenvalue weighted by Crippen LogP contribution is -1.97. The average molecular weight is 270 g/mol. The average Bonchev–Trinajstić information content (AvgIpc) is 2.47. The van der Waals surface area contributed by atoms with Crippen molar-refractivity contribution in [2.24, 2.45) is 0 Å². The Morgan fingerprint density at radius 3 is 2.30 bits per heavy atom. The molecule has 0 fully saturated rings. The van der Waals surface area contributed by atoms with Crippen LogP contribution in [-0.2, 0) is 17.8 Å². The first-order valence-electron chi connectivity index (χ1n) is 6.71. The molecule has 2 aromatic carbocycles. The van der Waals surface area contributed by atoms with Crippen molar-refractivity contribution in [3.05, 3.63) is 65.7 Å². The molecule has 104 valence electrons. The van der Waals surface area contributed by atoms with E-state index in [2.05, 4.69) is 0 Å². The highest BCUT2D eigenvalue weighted by Gasteiger charge is 2.00. The molecule has 0 bridgehead atoms. The van der Waals surface area contributed by atoms with Crippen LogP contribution in [0.3, 0.4) is 0 Å². The van der Waals surface area contributed by atoms with Crippen LogP contribution in [0.15, 0.2) is 54.6 Å². The van der Waals surface area contributed by atoms with Crippen LogP contribution in [0.25, 0.3) is 0 Å². The number of carbonyl (C=O) groups is 1. The van der Waals surface area contributed by atoms with Gasteiger partial charge in [-0.15, -0.1) is 0 Å². The van der Waals surface area contributed by atoms with Crippen LogP contribution in [0.2, 0.25) is 0 Å². The highest BCUT2D eigenvalue weighted by molar-refractivity contribution is 5.66. The minimum Gasteiger partial charge on any atom is -0.489 e. The highest BCUT2D eigenvalue weighted by Crippen LogP contribution is 2.15. The van der Waals surface area contributed by atoms with Crippen molar-refractivity contribution in [2.75, 3.05) is 0 Å². The monoisotopic (exact) mass is 270 g/mol. The summed E-state index contributed by atoms with van der Waals surface area (Å²) in [6.07, 6.45) is 1.66. The maximum atomic E-state index is 10.4. The summed E-state index contributed by atoms with van der Waals surface area (Å²) in [5.41, 5.74) is 2.27. The number of carboxylic acid groups (broad SMARTS) is 1. The molecule has 0 aliphatic carbocycles. The van der Waals surface area contributed by atoms with Gasteiger partial charge in [-0.1, -0.05) is 42.5 Å². The Balaban J connectivity index is 1.81. The summed E-state index contributed by atoms with van der Waals surface area (Å²) in [7, 11) is 0. The molecule has 0 saturated heterocycles. The van der Waals surface area contributed by atoms with Crippen LogP contribution in [-0.4, -0.2) is 11.1 Å². The van der Waals surface area contributed by atoms with Crippen LogP contribution >= 0.6 is 0 Å². The van der Waals surface area contributed by atoms with Gasteiger partial charge >= 0.3 is 5.97 Å². The fourth-order valence-corrected chi connectivity index (χ4v) is 1.94. The van der Waals surface area contributed by atoms with E-state index in [0.717, 1.165) is 23.3 Å². The van der Waals surface area contributed by atoms with E-state index in [9.17, 15) is 4.79 Å². The molecule has 0 spiro atoms. The van der Waals surface area contributed by atoms with Crippen molar-refractivity contribution in [1.29, 1.82) is 0 Å². The molecule has 0 amide bonds. The summed E-state index contributed by atoms with van der Waals surface area (Å²) in [6.45, 7) is 0.555. The maximum absolute atomic E-state index is 10.4. The minimum atomic E-state index is -0.743. The zero-order valence-corrected chi connectivity index (χ0v) is 11.3. The molecule has 0 aliphatic heterocycles. The largest absolute Gasteiger partial charge is 0.489 e. The molecule has 0 unspecified atom stereocenters. The SMILES string of the molecule is O=C(O)CCCc1ccc(OCc2ccccc2)cc1. The zero-order chi connectivity index (χ0) is 14.2. The Bertz CT molecular complexity index is 532. The van der Waals surface area contributed by atoms with Gasteiger partial charge in [0, 0.05) is 6.42 Å². The van der Waals surface area contributed by atoms with E-state index in [-0.39, 0.29) is 6.42 Å². The van der Waals surface area contributed by atoms with Gasteiger partial charge in [-0.3, -0.25) is 4.79 Å². The highest BCUT2D eigenvalue weighted by atomic mass is 16.5. The normalized spacial score (nSPS) is 10.2. The lowest BCUT2D eigenvalue weighted by atomic mass is 10.1. The number of ether oxygens (including phenoxy) is 1. The van der Waals surface area contributed by atoms with Gasteiger partial charge in [0.2, 0.25) is 0 Å². The number of benzene rings is 2. The van der Waals surface area contributed by atoms with Gasteiger partial charge in [0.25, 0.3) is 0 Å². The molecule has 3 heteroatoms. The van der Waals surface area contributed by atoms with E-state index in [1.54, 1.807) is 0 Å². The molecule has 20 heavy (non-hydrogen) atoms. The molecule has 0 aliphatic rings. The van der Waals surface area contributed by atoms with Gasteiger partial charge in [0.15, 0.2) is 0 Å². The Labute approximate surface area is 118 Å². The number of rotatable bonds is 7. The van der Waals surface area contributed by atoms with Gasteiger partial charge in [-0.05, 0) is 36.1 Å². The Kier molecular flexibility index (Phi) is 5.18. The smallest absolute Gasteiger partial charge is 0.303 e. The molecule has 3 nitrogen and oxygen atoms in total. The van der Waals surface area contributed by atoms with Gasteiger partial charge in [0.05, 0.1) is 0 Å². The molecule has 1 N–H and O–H groups in total. The van der Waals surface area contributed by atoms with E-state index in [1.807, 2.05) is 54.6 Å². The molecule has 0 saturated carbocycles. The molecule has 2 aromatic rings. The third-order valence-corrected chi connectivity index (χ3v) is 3.03. The van der Waals surface area contributed by atoms with Gasteiger partial charge in [-0.25, -0.2) is 0 Å².